The van der Waals surface area contributed by atoms with Gasteiger partial charge in [-0.2, -0.15) is 10.1 Å². The molecule has 1 amide bonds. The molecule has 4 aromatic rings. The van der Waals surface area contributed by atoms with Crippen LogP contribution in [0.4, 0.5) is 0 Å². The van der Waals surface area contributed by atoms with Crippen molar-refractivity contribution in [3.05, 3.63) is 69.4 Å². The molecule has 0 radical (unpaired) electrons. The maximum atomic E-state index is 12.9. The Morgan fingerprint density at radius 1 is 1.12 bits per heavy atom. The van der Waals surface area contributed by atoms with E-state index in [-0.39, 0.29) is 11.3 Å². The van der Waals surface area contributed by atoms with Crippen molar-refractivity contribution >= 4 is 38.2 Å². The van der Waals surface area contributed by atoms with Crippen LogP contribution < -0.4 is 10.4 Å². The molecule has 26 heavy (non-hydrogen) atoms. The second-order valence-electron chi connectivity index (χ2n) is 5.84. The molecule has 4 rings (SSSR count). The van der Waals surface area contributed by atoms with Gasteiger partial charge < -0.3 is 4.57 Å². The number of fused-ring (bicyclic) bond motifs is 2. The summed E-state index contributed by atoms with van der Waals surface area (Å²) in [6.45, 7) is 2.21. The molecule has 2 aromatic heterocycles. The van der Waals surface area contributed by atoms with Crippen LogP contribution in [-0.2, 0) is 13.6 Å². The predicted molar refractivity (Wildman–Crippen MR) is 102 cm³/mol. The summed E-state index contributed by atoms with van der Waals surface area (Å²) in [7, 11) is 1.88. The quantitative estimate of drug-likeness (QED) is 0.549. The molecule has 130 valence electrons. The predicted octanol–water partition coefficient (Wildman–Crippen LogP) is 2.71. The van der Waals surface area contributed by atoms with Gasteiger partial charge in [-0.15, -0.1) is 0 Å². The van der Waals surface area contributed by atoms with Crippen LogP contribution in [0.1, 0.15) is 17.4 Å². The van der Waals surface area contributed by atoms with Gasteiger partial charge in [0.1, 0.15) is 0 Å². The molecule has 7 heteroatoms. The molecule has 0 fully saturated rings. The van der Waals surface area contributed by atoms with Crippen LogP contribution in [0.5, 0.6) is 0 Å². The van der Waals surface area contributed by atoms with E-state index in [1.165, 1.54) is 16.0 Å². The number of hydrogen-bond donors (Lipinski definition) is 0. The van der Waals surface area contributed by atoms with Gasteiger partial charge in [0.25, 0.3) is 5.56 Å². The molecule has 0 aliphatic carbocycles. The lowest BCUT2D eigenvalue weighted by atomic mass is 10.1. The third kappa shape index (κ3) is 2.57. The van der Waals surface area contributed by atoms with Crippen molar-refractivity contribution in [3.63, 3.8) is 0 Å². The highest BCUT2D eigenvalue weighted by Crippen LogP contribution is 2.17. The van der Waals surface area contributed by atoms with Gasteiger partial charge in [0, 0.05) is 19.0 Å². The average Bonchev–Trinajstić information content (AvgIpc) is 2.98. The van der Waals surface area contributed by atoms with Crippen molar-refractivity contribution in [3.8, 4) is 0 Å². The molecular formula is C19H16N4O2S. The first-order chi connectivity index (χ1) is 12.6. The Labute approximate surface area is 152 Å². The monoisotopic (exact) mass is 364 g/mol. The van der Waals surface area contributed by atoms with E-state index in [2.05, 4.69) is 10.1 Å². The number of carbonyl (C=O) groups excluding carboxylic acids is 1. The van der Waals surface area contributed by atoms with Crippen LogP contribution in [0.25, 0.3) is 21.0 Å². The molecule has 6 nitrogen and oxygen atoms in total. The molecular weight excluding hydrogens is 348 g/mol. The fraction of sp³-hybridized carbons (Fsp3) is 0.158. The molecule has 0 bridgehead atoms. The van der Waals surface area contributed by atoms with Crippen molar-refractivity contribution in [2.75, 3.05) is 0 Å². The fourth-order valence-corrected chi connectivity index (χ4v) is 3.95. The van der Waals surface area contributed by atoms with E-state index >= 15 is 0 Å². The number of rotatable bonds is 2. The number of thiazole rings is 1. The van der Waals surface area contributed by atoms with E-state index in [0.29, 0.717) is 22.1 Å². The second-order valence-corrected chi connectivity index (χ2v) is 6.85. The smallest absolute Gasteiger partial charge is 0.300 e. The topological polar surface area (TPSA) is 69.2 Å². The first kappa shape index (κ1) is 16.4. The Bertz CT molecular complexity index is 1280. The molecule has 2 aromatic carbocycles. The summed E-state index contributed by atoms with van der Waals surface area (Å²) in [5, 5.41) is 5.26. The van der Waals surface area contributed by atoms with Gasteiger partial charge in [-0.25, -0.2) is 4.68 Å². The van der Waals surface area contributed by atoms with Crippen molar-refractivity contribution in [1.82, 2.24) is 14.3 Å². The number of para-hydroxylation sites is 1. The molecule has 0 unspecified atom stereocenters. The van der Waals surface area contributed by atoms with Gasteiger partial charge in [0.15, 0.2) is 10.5 Å². The number of nitrogens with zero attached hydrogens (tertiary/aromatic N) is 4. The zero-order chi connectivity index (χ0) is 18.3. The SMILES string of the molecule is CCn1nc(C(=O)N=c2sc3ccccc3n2C)c2ccccc2c1=O. The lowest BCUT2D eigenvalue weighted by molar-refractivity contribution is 0.0992. The maximum absolute atomic E-state index is 12.9. The number of aromatic nitrogens is 3. The second kappa shape index (κ2) is 6.34. The highest BCUT2D eigenvalue weighted by atomic mass is 32.1. The summed E-state index contributed by atoms with van der Waals surface area (Å²) in [5.74, 6) is -0.453. The molecule has 0 saturated carbocycles. The third-order valence-corrected chi connectivity index (χ3v) is 5.39. The molecule has 0 aliphatic heterocycles. The normalized spacial score (nSPS) is 12.2. The zero-order valence-electron chi connectivity index (χ0n) is 14.3. The van der Waals surface area contributed by atoms with Crippen LogP contribution in [0.3, 0.4) is 0 Å². The maximum Gasteiger partial charge on any atom is 0.300 e. The number of aryl methyl sites for hydroxylation is 2. The van der Waals surface area contributed by atoms with Crippen LogP contribution in [-0.4, -0.2) is 20.3 Å². The van der Waals surface area contributed by atoms with Gasteiger partial charge in [0.05, 0.1) is 15.6 Å². The molecule has 0 spiro atoms. The number of carbonyl (C=O) groups is 1. The highest BCUT2D eigenvalue weighted by molar-refractivity contribution is 7.16. The average molecular weight is 364 g/mol. The van der Waals surface area contributed by atoms with Crippen LogP contribution in [0.2, 0.25) is 0 Å². The fourth-order valence-electron chi connectivity index (χ4n) is 2.94. The van der Waals surface area contributed by atoms with Crippen LogP contribution in [0.15, 0.2) is 58.3 Å². The summed E-state index contributed by atoms with van der Waals surface area (Å²) >= 11 is 1.44. The van der Waals surface area contributed by atoms with E-state index in [1.54, 1.807) is 24.3 Å². The van der Waals surface area contributed by atoms with E-state index < -0.39 is 5.91 Å². The van der Waals surface area contributed by atoms with Gasteiger partial charge in [0.2, 0.25) is 0 Å². The zero-order valence-corrected chi connectivity index (χ0v) is 15.2. The minimum atomic E-state index is -0.453. The van der Waals surface area contributed by atoms with Crippen LogP contribution in [0, 0.1) is 0 Å². The number of benzene rings is 2. The van der Waals surface area contributed by atoms with E-state index in [1.807, 2.05) is 42.8 Å². The Hall–Kier alpha value is -3.06. The van der Waals surface area contributed by atoms with Crippen molar-refractivity contribution in [1.29, 1.82) is 0 Å². The Morgan fingerprint density at radius 3 is 2.54 bits per heavy atom. The van der Waals surface area contributed by atoms with Crippen molar-refractivity contribution < 1.29 is 4.79 Å². The van der Waals surface area contributed by atoms with E-state index in [4.69, 9.17) is 0 Å². The van der Waals surface area contributed by atoms with Gasteiger partial charge in [-0.05, 0) is 25.1 Å². The van der Waals surface area contributed by atoms with Gasteiger partial charge >= 0.3 is 5.91 Å². The lowest BCUT2D eigenvalue weighted by Crippen LogP contribution is -2.25. The summed E-state index contributed by atoms with van der Waals surface area (Å²) in [5.41, 5.74) is 1.01. The Balaban J connectivity index is 1.95. The van der Waals surface area contributed by atoms with E-state index in [9.17, 15) is 9.59 Å². The van der Waals surface area contributed by atoms with Gasteiger partial charge in [-0.3, -0.25) is 9.59 Å². The summed E-state index contributed by atoms with van der Waals surface area (Å²) in [6, 6.07) is 14.9. The van der Waals surface area contributed by atoms with Gasteiger partial charge in [-0.1, -0.05) is 41.7 Å². The summed E-state index contributed by atoms with van der Waals surface area (Å²) in [4.78, 5) is 30.2. The largest absolute Gasteiger partial charge is 0.319 e. The van der Waals surface area contributed by atoms with Crippen LogP contribution >= 0.6 is 11.3 Å². The first-order valence-corrected chi connectivity index (χ1v) is 9.05. The Kier molecular flexibility index (Phi) is 4.00. The first-order valence-electron chi connectivity index (χ1n) is 8.23. The number of amides is 1. The third-order valence-electron chi connectivity index (χ3n) is 4.28. The molecule has 0 saturated heterocycles. The highest BCUT2D eigenvalue weighted by Gasteiger charge is 2.16. The molecule has 0 atom stereocenters. The standard InChI is InChI=1S/C19H16N4O2S/c1-3-23-18(25)13-9-5-4-8-12(13)16(21-23)17(24)20-19-22(2)14-10-6-7-11-15(14)26-19/h4-11H,3H2,1-2H3. The molecule has 0 N–H and O–H groups in total. The minimum Gasteiger partial charge on any atom is -0.319 e. The van der Waals surface area contributed by atoms with E-state index in [0.717, 1.165) is 10.2 Å². The van der Waals surface area contributed by atoms with Crippen molar-refractivity contribution in [2.24, 2.45) is 12.0 Å². The molecule has 2 heterocycles. The lowest BCUT2D eigenvalue weighted by Gasteiger charge is -2.06. The van der Waals surface area contributed by atoms with Crippen molar-refractivity contribution in [2.45, 2.75) is 13.5 Å². The Morgan fingerprint density at radius 2 is 1.81 bits per heavy atom. The number of hydrogen-bond acceptors (Lipinski definition) is 4. The summed E-state index contributed by atoms with van der Waals surface area (Å²) < 4.78 is 4.24. The molecule has 0 aliphatic rings. The summed E-state index contributed by atoms with van der Waals surface area (Å²) in [6.07, 6.45) is 0. The minimum absolute atomic E-state index is 0.194.